The number of carbonyl (C=O) groups is 5. The molecule has 0 aromatic heterocycles. The van der Waals surface area contributed by atoms with Crippen LogP contribution in [0.25, 0.3) is 0 Å². The molecule has 0 saturated carbocycles. The number of esters is 2. The summed E-state index contributed by atoms with van der Waals surface area (Å²) in [6.07, 6.45) is 32.5. The van der Waals surface area contributed by atoms with Crippen molar-refractivity contribution in [1.29, 1.82) is 0 Å². The van der Waals surface area contributed by atoms with Gasteiger partial charge in [0.25, 0.3) is 0 Å². The molecule has 12 heteroatoms. The highest BCUT2D eigenvalue weighted by atomic mass is 16.5. The predicted molar refractivity (Wildman–Crippen MR) is 304 cm³/mol. The maximum absolute atomic E-state index is 13.8. The van der Waals surface area contributed by atoms with Crippen molar-refractivity contribution in [3.05, 3.63) is 71.8 Å². The lowest BCUT2D eigenvalue weighted by molar-refractivity contribution is -0.151. The Hall–Kier alpha value is -4.29. The smallest absolute Gasteiger partial charge is 0.308 e. The van der Waals surface area contributed by atoms with Crippen LogP contribution in [-0.4, -0.2) is 72.2 Å². The maximum atomic E-state index is 13.8. The highest BCUT2D eigenvalue weighted by Gasteiger charge is 2.27. The third-order valence-electron chi connectivity index (χ3n) is 14.1. The number of carbonyl (C=O) groups excluding carboxylic acids is 5. The van der Waals surface area contributed by atoms with E-state index in [0.717, 1.165) is 75.3 Å². The van der Waals surface area contributed by atoms with E-state index in [1.807, 2.05) is 60.7 Å². The number of unbranched alkanes of at least 4 members (excludes halogenated alkanes) is 24. The maximum Gasteiger partial charge on any atom is 0.308 e. The van der Waals surface area contributed by atoms with Gasteiger partial charge in [0.1, 0.15) is 18.8 Å². The number of amides is 3. The first kappa shape index (κ1) is 66.8. The number of nitrogens with one attached hydrogen (secondary N) is 3. The minimum Gasteiger partial charge on any atom is -0.462 e. The van der Waals surface area contributed by atoms with E-state index in [1.165, 1.54) is 116 Å². The molecule has 0 fully saturated rings. The molecule has 0 radical (unpaired) electrons. The molecule has 3 amide bonds. The molecular weight excluding hydrogens is 943 g/mol. The predicted octanol–water partition coefficient (Wildman–Crippen LogP) is 14.0. The Morgan fingerprint density at radius 1 is 0.467 bits per heavy atom. The van der Waals surface area contributed by atoms with E-state index in [9.17, 15) is 29.1 Å². The third kappa shape index (κ3) is 38.0. The number of benzene rings is 2. The van der Waals surface area contributed by atoms with Gasteiger partial charge in [-0.05, 0) is 49.7 Å². The molecule has 2 rings (SSSR count). The quantitative estimate of drug-likeness (QED) is 0.0372. The lowest BCUT2D eigenvalue weighted by Crippen LogP contribution is -2.49. The van der Waals surface area contributed by atoms with Gasteiger partial charge in [-0.25, -0.2) is 0 Å². The molecule has 0 aliphatic heterocycles. The molecule has 0 aliphatic rings. The van der Waals surface area contributed by atoms with Crippen LogP contribution in [0, 0.1) is 0 Å². The van der Waals surface area contributed by atoms with Crippen LogP contribution in [-0.2, 0) is 51.4 Å². The highest BCUT2D eigenvalue weighted by molar-refractivity contribution is 5.91. The molecule has 0 heterocycles. The van der Waals surface area contributed by atoms with Gasteiger partial charge < -0.3 is 35.3 Å². The van der Waals surface area contributed by atoms with E-state index >= 15 is 0 Å². The second-order valence-electron chi connectivity index (χ2n) is 21.1. The van der Waals surface area contributed by atoms with Crippen LogP contribution < -0.4 is 16.0 Å². The monoisotopic (exact) mass is 1050 g/mol. The van der Waals surface area contributed by atoms with Crippen molar-refractivity contribution in [2.75, 3.05) is 13.2 Å². The fraction of sp³-hybridized carbons (Fsp3) is 0.730. The number of aliphatic hydroxyl groups excluding tert-OH is 1. The van der Waals surface area contributed by atoms with Crippen LogP contribution in [0.2, 0.25) is 0 Å². The summed E-state index contributed by atoms with van der Waals surface area (Å²) in [5.41, 5.74) is 1.84. The van der Waals surface area contributed by atoms with Crippen molar-refractivity contribution in [1.82, 2.24) is 16.0 Å². The molecule has 75 heavy (non-hydrogen) atoms. The lowest BCUT2D eigenvalue weighted by atomic mass is 10.0. The van der Waals surface area contributed by atoms with Crippen molar-refractivity contribution in [3.63, 3.8) is 0 Å². The Balaban J connectivity index is 2.01. The van der Waals surface area contributed by atoms with Crippen LogP contribution in [0.15, 0.2) is 60.7 Å². The molecule has 0 unspecified atom stereocenters. The summed E-state index contributed by atoms with van der Waals surface area (Å²) in [4.78, 5) is 67.3. The van der Waals surface area contributed by atoms with Gasteiger partial charge in [0.05, 0.1) is 44.6 Å². The van der Waals surface area contributed by atoms with E-state index in [-0.39, 0.29) is 50.6 Å². The Morgan fingerprint density at radius 3 is 1.41 bits per heavy atom. The van der Waals surface area contributed by atoms with Crippen LogP contribution in [0.3, 0.4) is 0 Å². The second-order valence-corrected chi connectivity index (χ2v) is 21.1. The van der Waals surface area contributed by atoms with Gasteiger partial charge in [0.2, 0.25) is 17.7 Å². The molecule has 0 aliphatic carbocycles. The van der Waals surface area contributed by atoms with E-state index in [1.54, 1.807) is 0 Å². The van der Waals surface area contributed by atoms with E-state index in [4.69, 9.17) is 14.2 Å². The summed E-state index contributed by atoms with van der Waals surface area (Å²) in [6.45, 7) is 7.01. The number of hydrogen-bond acceptors (Lipinski definition) is 9. The van der Waals surface area contributed by atoms with E-state index < -0.39 is 42.4 Å². The van der Waals surface area contributed by atoms with Crippen molar-refractivity contribution < 1.29 is 43.3 Å². The van der Waals surface area contributed by atoms with Gasteiger partial charge in [-0.3, -0.25) is 24.0 Å². The Kier molecular flexibility index (Phi) is 41.8. The Labute approximate surface area is 455 Å². The van der Waals surface area contributed by atoms with Gasteiger partial charge in [0.15, 0.2) is 0 Å². The van der Waals surface area contributed by atoms with E-state index in [2.05, 4.69) is 36.7 Å². The number of aliphatic hydroxyl groups is 1. The minimum absolute atomic E-state index is 0.0190. The van der Waals surface area contributed by atoms with Crippen LogP contribution in [0.5, 0.6) is 0 Å². The summed E-state index contributed by atoms with van der Waals surface area (Å²) in [6, 6.07) is 17.4. The molecular formula is C63H105N3O9. The molecule has 0 bridgehead atoms. The van der Waals surface area contributed by atoms with Crippen LogP contribution >= 0.6 is 0 Å². The fourth-order valence-corrected chi connectivity index (χ4v) is 9.44. The molecule has 426 valence electrons. The molecule has 2 aromatic carbocycles. The summed E-state index contributed by atoms with van der Waals surface area (Å²) >= 11 is 0. The third-order valence-corrected chi connectivity index (χ3v) is 14.1. The minimum atomic E-state index is -1.24. The highest BCUT2D eigenvalue weighted by Crippen LogP contribution is 2.19. The zero-order valence-corrected chi connectivity index (χ0v) is 47.4. The molecule has 4 N–H and O–H groups in total. The van der Waals surface area contributed by atoms with Gasteiger partial charge >= 0.3 is 11.9 Å². The van der Waals surface area contributed by atoms with Crippen molar-refractivity contribution in [3.8, 4) is 0 Å². The summed E-state index contributed by atoms with van der Waals surface area (Å²) in [5.74, 6) is -2.21. The first-order chi connectivity index (χ1) is 36.7. The summed E-state index contributed by atoms with van der Waals surface area (Å²) in [5, 5.41) is 18.9. The van der Waals surface area contributed by atoms with Crippen molar-refractivity contribution in [2.24, 2.45) is 0 Å². The van der Waals surface area contributed by atoms with Gasteiger partial charge in [-0.2, -0.15) is 0 Å². The zero-order valence-electron chi connectivity index (χ0n) is 47.4. The number of hydrogen-bond donors (Lipinski definition) is 4. The topological polar surface area (TPSA) is 169 Å². The van der Waals surface area contributed by atoms with Gasteiger partial charge in [-0.15, -0.1) is 0 Å². The Bertz CT molecular complexity index is 1710. The number of ether oxygens (including phenoxy) is 3. The standard InChI is InChI=1S/C63H105N3O9/c1-4-7-10-13-16-19-22-25-34-43-56(73-51-53-38-30-28-31-39-53)47-59(68)65-55(50-67)42-37-46-64-63(72)58(49-62(71)74-52-54-40-32-29-33-41-54)66-60(69)48-57(44-35-26-23-20-17-14-11-8-5-2)75-61(70)45-36-27-24-21-18-15-12-9-6-3/h28-33,38-41,55-58,67H,4-27,34-37,42-52H2,1-3H3,(H,64,72)(H,65,68)(H,66,69)/t55-,56+,57-,58+/m1/s1. The van der Waals surface area contributed by atoms with Crippen molar-refractivity contribution in [2.45, 2.75) is 283 Å². The average Bonchev–Trinajstić information content (AvgIpc) is 3.41. The average molecular weight is 1050 g/mol. The van der Waals surface area contributed by atoms with Crippen LogP contribution in [0.1, 0.15) is 257 Å². The normalized spacial score (nSPS) is 12.9. The molecule has 0 saturated heterocycles. The number of rotatable bonds is 50. The first-order valence-corrected chi connectivity index (χ1v) is 30.2. The van der Waals surface area contributed by atoms with Gasteiger partial charge in [-0.1, -0.05) is 242 Å². The molecule has 4 atom stereocenters. The molecule has 0 spiro atoms. The van der Waals surface area contributed by atoms with Crippen molar-refractivity contribution >= 4 is 29.7 Å². The summed E-state index contributed by atoms with van der Waals surface area (Å²) < 4.78 is 17.8. The largest absolute Gasteiger partial charge is 0.462 e. The van der Waals surface area contributed by atoms with E-state index in [0.29, 0.717) is 32.3 Å². The first-order valence-electron chi connectivity index (χ1n) is 30.2. The summed E-state index contributed by atoms with van der Waals surface area (Å²) in [7, 11) is 0. The Morgan fingerprint density at radius 2 is 0.907 bits per heavy atom. The van der Waals surface area contributed by atoms with Crippen LogP contribution in [0.4, 0.5) is 0 Å². The second kappa shape index (κ2) is 47.0. The molecule has 12 nitrogen and oxygen atoms in total. The lowest BCUT2D eigenvalue weighted by Gasteiger charge is -2.22. The zero-order chi connectivity index (χ0) is 54.2. The fourth-order valence-electron chi connectivity index (χ4n) is 9.44. The molecule has 2 aromatic rings. The SMILES string of the molecule is CCCCCCCCCCCC(=O)O[C@H](CCCCCCCCCCC)CC(=O)N[C@@H](CC(=O)OCc1ccccc1)C(=O)NCCC[C@H](CO)NC(=O)C[C@H](CCCCCCCCCCC)OCc1ccccc1. The van der Waals surface area contributed by atoms with Gasteiger partial charge in [0, 0.05) is 13.0 Å².